The Morgan fingerprint density at radius 1 is 1.53 bits per heavy atom. The molecule has 0 aromatic heterocycles. The summed E-state index contributed by atoms with van der Waals surface area (Å²) in [6, 6.07) is 4.82. The highest BCUT2D eigenvalue weighted by atomic mass is 32.2. The van der Waals surface area contributed by atoms with Gasteiger partial charge in [0.15, 0.2) is 5.78 Å². The first-order valence-corrected chi connectivity index (χ1v) is 6.22. The van der Waals surface area contributed by atoms with Crippen LogP contribution in [-0.4, -0.2) is 17.3 Å². The summed E-state index contributed by atoms with van der Waals surface area (Å²) >= 11 is 1.77. The normalized spacial score (nSPS) is 20.5. The fraction of sp³-hybridized carbons (Fsp3) is 0.417. The molecule has 1 heterocycles. The van der Waals surface area contributed by atoms with Gasteiger partial charge in [-0.25, -0.2) is 4.39 Å². The smallest absolute Gasteiger partial charge is 0.169 e. The zero-order chi connectivity index (χ0) is 10.8. The molecule has 0 amide bonds. The molecule has 0 spiro atoms. The Bertz CT molecular complexity index is 383. The Labute approximate surface area is 93.1 Å². The second-order valence-corrected chi connectivity index (χ2v) is 5.06. The number of Topliss-reactive ketones (excluding diaryl/α,β-unsaturated/α-hetero) is 1. The lowest BCUT2D eigenvalue weighted by atomic mass is 9.96. The van der Waals surface area contributed by atoms with Crippen LogP contribution in [0.4, 0.5) is 4.39 Å². The van der Waals surface area contributed by atoms with Crippen LogP contribution in [0.3, 0.4) is 0 Å². The Morgan fingerprint density at radius 2 is 2.33 bits per heavy atom. The van der Waals surface area contributed by atoms with Crippen molar-refractivity contribution in [1.29, 1.82) is 0 Å². The molecule has 1 aromatic carbocycles. The molecule has 0 saturated carbocycles. The van der Waals surface area contributed by atoms with Crippen molar-refractivity contribution in [2.24, 2.45) is 5.92 Å². The van der Waals surface area contributed by atoms with Gasteiger partial charge in [-0.1, -0.05) is 6.07 Å². The first-order valence-electron chi connectivity index (χ1n) is 5.06. The number of carbonyl (C=O) groups excluding carboxylic acids is 1. The maximum absolute atomic E-state index is 13.5. The van der Waals surface area contributed by atoms with Gasteiger partial charge < -0.3 is 0 Å². The first kappa shape index (κ1) is 10.7. The molecular formula is C12H13FOS. The van der Waals surface area contributed by atoms with Crippen molar-refractivity contribution in [3.63, 3.8) is 0 Å². The Hall–Kier alpha value is -0.830. The van der Waals surface area contributed by atoms with Gasteiger partial charge >= 0.3 is 0 Å². The second-order valence-electron chi connectivity index (χ2n) is 3.91. The quantitative estimate of drug-likeness (QED) is 0.718. The van der Waals surface area contributed by atoms with Crippen LogP contribution in [0.5, 0.6) is 0 Å². The molecule has 15 heavy (non-hydrogen) atoms. The number of hydrogen-bond acceptors (Lipinski definition) is 2. The summed E-state index contributed by atoms with van der Waals surface area (Å²) in [6.07, 6.45) is 0.886. The molecule has 1 nitrogen and oxygen atoms in total. The molecule has 1 atom stereocenters. The van der Waals surface area contributed by atoms with Crippen molar-refractivity contribution in [3.8, 4) is 0 Å². The van der Waals surface area contributed by atoms with Crippen molar-refractivity contribution in [2.75, 3.05) is 11.5 Å². The molecule has 2 rings (SSSR count). The summed E-state index contributed by atoms with van der Waals surface area (Å²) in [7, 11) is 0. The summed E-state index contributed by atoms with van der Waals surface area (Å²) < 4.78 is 13.5. The maximum Gasteiger partial charge on any atom is 0.169 e. The maximum atomic E-state index is 13.5. The summed E-state index contributed by atoms with van der Waals surface area (Å²) in [5.74, 6) is 1.47. The van der Waals surface area contributed by atoms with E-state index in [0.29, 0.717) is 0 Å². The zero-order valence-electron chi connectivity index (χ0n) is 8.63. The van der Waals surface area contributed by atoms with Gasteiger partial charge in [0.05, 0.1) is 5.56 Å². The molecule has 1 fully saturated rings. The number of hydrogen-bond donors (Lipinski definition) is 0. The minimum atomic E-state index is -0.378. The highest BCUT2D eigenvalue weighted by Crippen LogP contribution is 2.27. The van der Waals surface area contributed by atoms with Crippen LogP contribution < -0.4 is 0 Å². The van der Waals surface area contributed by atoms with Crippen molar-refractivity contribution in [2.45, 2.75) is 13.3 Å². The van der Waals surface area contributed by atoms with Crippen LogP contribution >= 0.6 is 11.8 Å². The van der Waals surface area contributed by atoms with Crippen molar-refractivity contribution < 1.29 is 9.18 Å². The van der Waals surface area contributed by atoms with Crippen molar-refractivity contribution in [3.05, 3.63) is 35.1 Å². The predicted molar refractivity (Wildman–Crippen MR) is 60.9 cm³/mol. The Kier molecular flexibility index (Phi) is 3.10. The zero-order valence-corrected chi connectivity index (χ0v) is 9.44. The highest BCUT2D eigenvalue weighted by Gasteiger charge is 2.25. The number of benzene rings is 1. The number of thioether (sulfide) groups is 1. The number of carbonyl (C=O) groups is 1. The van der Waals surface area contributed by atoms with Gasteiger partial charge in [-0.3, -0.25) is 4.79 Å². The van der Waals surface area contributed by atoms with Crippen LogP contribution in [0.2, 0.25) is 0 Å². The average Bonchev–Trinajstić information content (AvgIpc) is 2.69. The van der Waals surface area contributed by atoms with E-state index in [9.17, 15) is 9.18 Å². The largest absolute Gasteiger partial charge is 0.294 e. The summed E-state index contributed by atoms with van der Waals surface area (Å²) in [5.41, 5.74) is 1.11. The number of halogens is 1. The van der Waals surface area contributed by atoms with Gasteiger partial charge in [-0.2, -0.15) is 11.8 Å². The second kappa shape index (κ2) is 4.35. The van der Waals surface area contributed by atoms with Gasteiger partial charge in [0.1, 0.15) is 5.82 Å². The third-order valence-corrected chi connectivity index (χ3v) is 3.85. The summed E-state index contributed by atoms with van der Waals surface area (Å²) in [5, 5.41) is 0. The van der Waals surface area contributed by atoms with E-state index in [0.717, 1.165) is 23.5 Å². The highest BCUT2D eigenvalue weighted by molar-refractivity contribution is 7.99. The van der Waals surface area contributed by atoms with E-state index in [4.69, 9.17) is 0 Å². The lowest BCUT2D eigenvalue weighted by Crippen LogP contribution is -2.15. The fourth-order valence-electron chi connectivity index (χ4n) is 1.78. The summed E-state index contributed by atoms with van der Waals surface area (Å²) in [4.78, 5) is 11.9. The minimum absolute atomic E-state index is 0.0206. The fourth-order valence-corrected chi connectivity index (χ4v) is 3.00. The van der Waals surface area contributed by atoms with Crippen molar-refractivity contribution >= 4 is 17.5 Å². The standard InChI is InChI=1S/C12H13FOS/c1-8-2-3-10(11(13)6-8)12(14)9-4-5-15-7-9/h2-3,6,9H,4-5,7H2,1H3. The van der Waals surface area contributed by atoms with Crippen LogP contribution in [0.1, 0.15) is 22.3 Å². The molecule has 0 bridgehead atoms. The first-order chi connectivity index (χ1) is 7.18. The molecule has 0 N–H and O–H groups in total. The topological polar surface area (TPSA) is 17.1 Å². The van der Waals surface area contributed by atoms with E-state index >= 15 is 0 Å². The molecule has 1 unspecified atom stereocenters. The molecule has 0 radical (unpaired) electrons. The van der Waals surface area contributed by atoms with Gasteiger partial charge in [0, 0.05) is 11.7 Å². The molecule has 3 heteroatoms. The molecule has 0 aliphatic carbocycles. The van der Waals surface area contributed by atoms with Crippen LogP contribution in [-0.2, 0) is 0 Å². The minimum Gasteiger partial charge on any atom is -0.294 e. The lowest BCUT2D eigenvalue weighted by Gasteiger charge is -2.08. The number of aryl methyl sites for hydroxylation is 1. The predicted octanol–water partition coefficient (Wildman–Crippen LogP) is 3.07. The third kappa shape index (κ3) is 2.23. The lowest BCUT2D eigenvalue weighted by molar-refractivity contribution is 0.0929. The molecule has 80 valence electrons. The van der Waals surface area contributed by atoms with Gasteiger partial charge in [-0.05, 0) is 36.8 Å². The number of rotatable bonds is 2. The third-order valence-electron chi connectivity index (χ3n) is 2.69. The number of ketones is 1. The van der Waals surface area contributed by atoms with E-state index in [1.807, 2.05) is 6.92 Å². The van der Waals surface area contributed by atoms with E-state index in [1.165, 1.54) is 6.07 Å². The van der Waals surface area contributed by atoms with E-state index < -0.39 is 0 Å². The van der Waals surface area contributed by atoms with Gasteiger partial charge in [0.25, 0.3) is 0 Å². The summed E-state index contributed by atoms with van der Waals surface area (Å²) in [6.45, 7) is 1.82. The van der Waals surface area contributed by atoms with Crippen LogP contribution in [0, 0.1) is 18.7 Å². The Balaban J connectivity index is 2.24. The van der Waals surface area contributed by atoms with Gasteiger partial charge in [0.2, 0.25) is 0 Å². The molecule has 1 aliphatic heterocycles. The van der Waals surface area contributed by atoms with E-state index in [2.05, 4.69) is 0 Å². The van der Waals surface area contributed by atoms with Crippen LogP contribution in [0.25, 0.3) is 0 Å². The molecular weight excluding hydrogens is 211 g/mol. The van der Waals surface area contributed by atoms with E-state index in [1.54, 1.807) is 23.9 Å². The van der Waals surface area contributed by atoms with Gasteiger partial charge in [-0.15, -0.1) is 0 Å². The van der Waals surface area contributed by atoms with Crippen LogP contribution in [0.15, 0.2) is 18.2 Å². The van der Waals surface area contributed by atoms with Crippen molar-refractivity contribution in [1.82, 2.24) is 0 Å². The monoisotopic (exact) mass is 224 g/mol. The Morgan fingerprint density at radius 3 is 2.93 bits per heavy atom. The average molecular weight is 224 g/mol. The molecule has 1 aromatic rings. The van der Waals surface area contributed by atoms with E-state index in [-0.39, 0.29) is 23.1 Å². The SMILES string of the molecule is Cc1ccc(C(=O)C2CCSC2)c(F)c1. The molecule has 1 aliphatic rings. The molecule has 1 saturated heterocycles.